The lowest BCUT2D eigenvalue weighted by Gasteiger charge is -2.27. The Morgan fingerprint density at radius 3 is 2.17 bits per heavy atom. The van der Waals surface area contributed by atoms with E-state index in [9.17, 15) is 8.42 Å². The maximum atomic E-state index is 12.4. The van der Waals surface area contributed by atoms with E-state index >= 15 is 0 Å². The average Bonchev–Trinajstić information content (AvgIpc) is 2.63. The van der Waals surface area contributed by atoms with Crippen molar-refractivity contribution in [3.63, 3.8) is 0 Å². The Balaban J connectivity index is 1.70. The summed E-state index contributed by atoms with van der Waals surface area (Å²) in [7, 11) is -3.49. The first-order valence-electron chi connectivity index (χ1n) is 8.07. The van der Waals surface area contributed by atoms with Gasteiger partial charge in [0.1, 0.15) is 0 Å². The van der Waals surface area contributed by atoms with Crippen molar-refractivity contribution in [3.05, 3.63) is 60.2 Å². The fourth-order valence-corrected chi connectivity index (χ4v) is 4.11. The second kappa shape index (κ2) is 7.44. The van der Waals surface area contributed by atoms with Gasteiger partial charge >= 0.3 is 0 Å². The van der Waals surface area contributed by atoms with Crippen LogP contribution in [0, 0.1) is 0 Å². The van der Waals surface area contributed by atoms with Gasteiger partial charge in [0, 0.05) is 19.1 Å². The molecule has 0 bridgehead atoms. The van der Waals surface area contributed by atoms with Gasteiger partial charge in [0.05, 0.1) is 13.2 Å². The van der Waals surface area contributed by atoms with Gasteiger partial charge in [0.25, 0.3) is 10.2 Å². The lowest BCUT2D eigenvalue weighted by Crippen LogP contribution is -2.47. The average molecular weight is 346 g/mol. The monoisotopic (exact) mass is 346 g/mol. The topological polar surface area (TPSA) is 58.6 Å². The van der Waals surface area contributed by atoms with Gasteiger partial charge < -0.3 is 4.74 Å². The molecule has 1 heterocycles. The van der Waals surface area contributed by atoms with Crippen molar-refractivity contribution in [2.75, 3.05) is 26.3 Å². The van der Waals surface area contributed by atoms with Crippen LogP contribution >= 0.6 is 0 Å². The van der Waals surface area contributed by atoms with E-state index in [4.69, 9.17) is 4.74 Å². The van der Waals surface area contributed by atoms with Gasteiger partial charge in [-0.3, -0.25) is 0 Å². The lowest BCUT2D eigenvalue weighted by atomic mass is 10.0. The lowest BCUT2D eigenvalue weighted by molar-refractivity contribution is 0.0723. The maximum Gasteiger partial charge on any atom is 0.280 e. The zero-order chi connectivity index (χ0) is 17.0. The number of ether oxygens (including phenoxy) is 1. The van der Waals surface area contributed by atoms with Crippen LogP contribution in [-0.4, -0.2) is 39.0 Å². The van der Waals surface area contributed by atoms with Gasteiger partial charge in [0.2, 0.25) is 0 Å². The van der Waals surface area contributed by atoms with Gasteiger partial charge in [-0.1, -0.05) is 54.6 Å². The molecule has 1 N–H and O–H groups in total. The predicted octanol–water partition coefficient (Wildman–Crippen LogP) is 2.58. The van der Waals surface area contributed by atoms with Crippen molar-refractivity contribution >= 4 is 10.2 Å². The molecule has 6 heteroatoms. The molecule has 0 saturated carbocycles. The Hall–Kier alpha value is -1.73. The van der Waals surface area contributed by atoms with Crippen molar-refractivity contribution in [1.29, 1.82) is 0 Å². The van der Waals surface area contributed by atoms with Gasteiger partial charge in [-0.25, -0.2) is 0 Å². The molecule has 0 unspecified atom stereocenters. The first-order chi connectivity index (χ1) is 11.6. The number of nitrogens with zero attached hydrogens (tertiary/aromatic N) is 1. The van der Waals surface area contributed by atoms with Crippen LogP contribution in [0.3, 0.4) is 0 Å². The molecule has 0 spiro atoms. The van der Waals surface area contributed by atoms with Crippen molar-refractivity contribution in [3.8, 4) is 11.1 Å². The zero-order valence-corrected chi connectivity index (χ0v) is 14.5. The summed E-state index contributed by atoms with van der Waals surface area (Å²) in [5.41, 5.74) is 3.19. The summed E-state index contributed by atoms with van der Waals surface area (Å²) in [6.07, 6.45) is 0. The molecule has 2 aromatic carbocycles. The Labute approximate surface area is 143 Å². The van der Waals surface area contributed by atoms with Crippen LogP contribution in [0.5, 0.6) is 0 Å². The minimum Gasteiger partial charge on any atom is -0.379 e. The van der Waals surface area contributed by atoms with E-state index in [0.717, 1.165) is 16.7 Å². The Morgan fingerprint density at radius 1 is 0.958 bits per heavy atom. The van der Waals surface area contributed by atoms with E-state index in [-0.39, 0.29) is 6.04 Å². The number of rotatable bonds is 5. The summed E-state index contributed by atoms with van der Waals surface area (Å²) in [4.78, 5) is 0. The number of hydrogen-bond acceptors (Lipinski definition) is 3. The summed E-state index contributed by atoms with van der Waals surface area (Å²) in [6, 6.07) is 17.8. The number of benzene rings is 2. The summed E-state index contributed by atoms with van der Waals surface area (Å²) in [5, 5.41) is 0. The van der Waals surface area contributed by atoms with Crippen molar-refractivity contribution < 1.29 is 13.2 Å². The summed E-state index contributed by atoms with van der Waals surface area (Å²) < 4.78 is 34.2. The third-order valence-corrected chi connectivity index (χ3v) is 5.85. The molecule has 1 aliphatic heterocycles. The van der Waals surface area contributed by atoms with E-state index < -0.39 is 10.2 Å². The van der Waals surface area contributed by atoms with Crippen molar-refractivity contribution in [2.24, 2.45) is 0 Å². The predicted molar refractivity (Wildman–Crippen MR) is 94.7 cm³/mol. The largest absolute Gasteiger partial charge is 0.379 e. The van der Waals surface area contributed by atoms with Crippen LogP contribution in [0.1, 0.15) is 18.5 Å². The summed E-state index contributed by atoms with van der Waals surface area (Å²) >= 11 is 0. The van der Waals surface area contributed by atoms with Gasteiger partial charge in [0.15, 0.2) is 0 Å². The van der Waals surface area contributed by atoms with E-state index in [0.29, 0.717) is 26.3 Å². The highest BCUT2D eigenvalue weighted by molar-refractivity contribution is 7.87. The minimum absolute atomic E-state index is 0.289. The SMILES string of the molecule is C[C@H](NS(=O)(=O)N1CCOCC1)c1ccc(-c2ccccc2)cc1. The molecule has 128 valence electrons. The molecule has 1 atom stereocenters. The van der Waals surface area contributed by atoms with Crippen LogP contribution < -0.4 is 4.72 Å². The smallest absolute Gasteiger partial charge is 0.280 e. The normalized spacial score (nSPS) is 17.5. The molecular weight excluding hydrogens is 324 g/mol. The van der Waals surface area contributed by atoms with Crippen LogP contribution in [0.15, 0.2) is 54.6 Å². The highest BCUT2D eigenvalue weighted by atomic mass is 32.2. The molecule has 5 nitrogen and oxygen atoms in total. The summed E-state index contributed by atoms with van der Waals surface area (Å²) in [5.74, 6) is 0. The molecule has 0 amide bonds. The number of hydrogen-bond donors (Lipinski definition) is 1. The standard InChI is InChI=1S/C18H22N2O3S/c1-15(19-24(21,22)20-11-13-23-14-12-20)16-7-9-18(10-8-16)17-5-3-2-4-6-17/h2-10,15,19H,11-14H2,1H3/t15-/m0/s1. The molecule has 0 aliphatic carbocycles. The second-order valence-electron chi connectivity index (χ2n) is 5.84. The highest BCUT2D eigenvalue weighted by Gasteiger charge is 2.26. The Bertz CT molecular complexity index is 755. The van der Waals surface area contributed by atoms with Crippen LogP contribution in [-0.2, 0) is 14.9 Å². The fourth-order valence-electron chi connectivity index (χ4n) is 2.75. The van der Waals surface area contributed by atoms with Gasteiger partial charge in [-0.05, 0) is 23.6 Å². The van der Waals surface area contributed by atoms with E-state index in [1.54, 1.807) is 0 Å². The fraction of sp³-hybridized carbons (Fsp3) is 0.333. The molecule has 0 aromatic heterocycles. The molecule has 1 saturated heterocycles. The van der Waals surface area contributed by atoms with Crippen molar-refractivity contribution in [2.45, 2.75) is 13.0 Å². The third-order valence-electron chi connectivity index (χ3n) is 4.15. The quantitative estimate of drug-likeness (QED) is 0.905. The zero-order valence-electron chi connectivity index (χ0n) is 13.7. The summed E-state index contributed by atoms with van der Waals surface area (Å²) in [6.45, 7) is 3.54. The van der Waals surface area contributed by atoms with Crippen LogP contribution in [0.2, 0.25) is 0 Å². The van der Waals surface area contributed by atoms with Crippen LogP contribution in [0.4, 0.5) is 0 Å². The molecule has 1 fully saturated rings. The first kappa shape index (κ1) is 17.1. The van der Waals surface area contributed by atoms with E-state index in [2.05, 4.69) is 16.9 Å². The van der Waals surface area contributed by atoms with E-state index in [1.165, 1.54) is 4.31 Å². The minimum atomic E-state index is -3.49. The molecule has 1 aliphatic rings. The second-order valence-corrected chi connectivity index (χ2v) is 7.55. The van der Waals surface area contributed by atoms with E-state index in [1.807, 2.05) is 49.4 Å². The first-order valence-corrected chi connectivity index (χ1v) is 9.51. The maximum absolute atomic E-state index is 12.4. The molecule has 2 aromatic rings. The highest BCUT2D eigenvalue weighted by Crippen LogP contribution is 2.22. The molecule has 0 radical (unpaired) electrons. The molecule has 3 rings (SSSR count). The number of nitrogens with one attached hydrogen (secondary N) is 1. The molecule has 24 heavy (non-hydrogen) atoms. The van der Waals surface area contributed by atoms with Gasteiger partial charge in [-0.2, -0.15) is 17.4 Å². The molecular formula is C18H22N2O3S. The van der Waals surface area contributed by atoms with Crippen LogP contribution in [0.25, 0.3) is 11.1 Å². The van der Waals surface area contributed by atoms with Crippen molar-refractivity contribution in [1.82, 2.24) is 9.03 Å². The number of morpholine rings is 1. The van der Waals surface area contributed by atoms with Gasteiger partial charge in [-0.15, -0.1) is 0 Å². The Kier molecular flexibility index (Phi) is 5.30. The Morgan fingerprint density at radius 2 is 1.54 bits per heavy atom. The third kappa shape index (κ3) is 4.02.